The van der Waals surface area contributed by atoms with Gasteiger partial charge in [-0.3, -0.25) is 9.59 Å². The molecule has 150 valence electrons. The second-order valence-corrected chi connectivity index (χ2v) is 6.94. The fourth-order valence-electron chi connectivity index (χ4n) is 3.45. The lowest BCUT2D eigenvalue weighted by Crippen LogP contribution is -2.54. The number of nitriles is 1. The van der Waals surface area contributed by atoms with Crippen LogP contribution in [-0.4, -0.2) is 57.8 Å². The van der Waals surface area contributed by atoms with Crippen molar-refractivity contribution in [3.05, 3.63) is 40.9 Å². The van der Waals surface area contributed by atoms with Crippen molar-refractivity contribution >= 4 is 23.4 Å². The monoisotopic (exact) mass is 413 g/mol. The van der Waals surface area contributed by atoms with E-state index in [2.05, 4.69) is 31.7 Å². The van der Waals surface area contributed by atoms with Gasteiger partial charge in [0, 0.05) is 33.1 Å². The molecule has 10 heteroatoms. The van der Waals surface area contributed by atoms with Crippen molar-refractivity contribution in [3.63, 3.8) is 0 Å². The molecule has 2 aromatic heterocycles. The van der Waals surface area contributed by atoms with Crippen LogP contribution in [0.1, 0.15) is 35.4 Å². The first-order valence-corrected chi connectivity index (χ1v) is 9.42. The number of piperazine rings is 1. The van der Waals surface area contributed by atoms with E-state index >= 15 is 0 Å². The Morgan fingerprint density at radius 1 is 1.34 bits per heavy atom. The average Bonchev–Trinajstić information content (AvgIpc) is 2.72. The molecule has 0 saturated carbocycles. The van der Waals surface area contributed by atoms with Gasteiger partial charge in [0.1, 0.15) is 17.2 Å². The zero-order valence-electron chi connectivity index (χ0n) is 16.0. The summed E-state index contributed by atoms with van der Waals surface area (Å²) in [5.41, 5.74) is 1.82. The van der Waals surface area contributed by atoms with Gasteiger partial charge in [-0.05, 0) is 23.8 Å². The number of pyridine rings is 1. The van der Waals surface area contributed by atoms with E-state index in [1.165, 1.54) is 26.4 Å². The molecule has 0 radical (unpaired) electrons. The van der Waals surface area contributed by atoms with Crippen molar-refractivity contribution in [1.29, 1.82) is 5.26 Å². The van der Waals surface area contributed by atoms with Crippen molar-refractivity contribution in [2.24, 2.45) is 0 Å². The minimum atomic E-state index is -0.375. The number of hydrogen-bond acceptors (Lipinski definition) is 7. The van der Waals surface area contributed by atoms with E-state index in [0.29, 0.717) is 24.5 Å². The summed E-state index contributed by atoms with van der Waals surface area (Å²) >= 11 is 6.28. The molecule has 1 saturated heterocycles. The van der Waals surface area contributed by atoms with Gasteiger partial charge in [-0.25, -0.2) is 15.0 Å². The zero-order valence-corrected chi connectivity index (χ0v) is 16.8. The van der Waals surface area contributed by atoms with E-state index in [4.69, 9.17) is 11.6 Å². The maximum absolute atomic E-state index is 12.2. The maximum atomic E-state index is 12.2. The van der Waals surface area contributed by atoms with Crippen LogP contribution in [0.5, 0.6) is 0 Å². The first-order chi connectivity index (χ1) is 13.9. The molecule has 0 bridgehead atoms. The Labute approximate surface area is 173 Å². The summed E-state index contributed by atoms with van der Waals surface area (Å²) < 4.78 is 0. The smallest absolute Gasteiger partial charge is 0.269 e. The number of halogens is 1. The average molecular weight is 414 g/mol. The van der Waals surface area contributed by atoms with Crippen LogP contribution in [0, 0.1) is 11.3 Å². The predicted octanol–water partition coefficient (Wildman–Crippen LogP) is 1.33. The van der Waals surface area contributed by atoms with Gasteiger partial charge >= 0.3 is 0 Å². The number of amides is 2. The summed E-state index contributed by atoms with van der Waals surface area (Å²) in [6, 6.07) is 6.54. The van der Waals surface area contributed by atoms with Crippen molar-refractivity contribution in [2.45, 2.75) is 25.4 Å². The number of aromatic nitrogens is 3. The number of rotatable bonds is 4. The summed E-state index contributed by atoms with van der Waals surface area (Å²) in [6.07, 6.45) is 1.52. The third-order valence-electron chi connectivity index (χ3n) is 4.74. The second-order valence-electron chi connectivity index (χ2n) is 6.56. The Balaban J connectivity index is 2.07. The van der Waals surface area contributed by atoms with Crippen molar-refractivity contribution < 1.29 is 9.59 Å². The van der Waals surface area contributed by atoms with Crippen LogP contribution in [0.3, 0.4) is 0 Å². The molecule has 9 nitrogen and oxygen atoms in total. The molecule has 3 heterocycles. The van der Waals surface area contributed by atoms with Gasteiger partial charge in [0.15, 0.2) is 0 Å². The largest absolute Gasteiger partial charge is 0.354 e. The number of hydrogen-bond donors (Lipinski definition) is 2. The first-order valence-electron chi connectivity index (χ1n) is 9.04. The van der Waals surface area contributed by atoms with Crippen molar-refractivity contribution in [1.82, 2.24) is 30.5 Å². The van der Waals surface area contributed by atoms with Crippen LogP contribution in [0.4, 0.5) is 0 Å². The third-order valence-corrected chi connectivity index (χ3v) is 4.93. The molecular formula is C19H20ClN7O2. The number of carbonyl (C=O) groups is 2. The molecule has 0 spiro atoms. The Morgan fingerprint density at radius 3 is 2.83 bits per heavy atom. The van der Waals surface area contributed by atoms with Crippen LogP contribution in [0.25, 0.3) is 11.4 Å². The van der Waals surface area contributed by atoms with E-state index in [1.807, 2.05) is 0 Å². The lowest BCUT2D eigenvalue weighted by Gasteiger charge is -2.41. The summed E-state index contributed by atoms with van der Waals surface area (Å²) in [5.74, 6) is -0.429. The number of carbonyl (C=O) groups excluding carboxylic acids is 2. The van der Waals surface area contributed by atoms with Gasteiger partial charge < -0.3 is 15.5 Å². The Morgan fingerprint density at radius 2 is 2.14 bits per heavy atom. The molecule has 2 aromatic rings. The minimum Gasteiger partial charge on any atom is -0.354 e. The standard InChI is InChI=1S/C19H20ClN7O2/c1-11(28)27-6-5-23-13(3-4-21)18(27)12-7-15(26-17(20)8-12)14-9-16(19(29)22-2)25-10-24-14/h7-10,13,18,23H,3,5-6H2,1-2H3,(H,22,29)/t13-,18-/m0/s1. The van der Waals surface area contributed by atoms with Gasteiger partial charge in [-0.2, -0.15) is 5.26 Å². The molecule has 0 aliphatic carbocycles. The first kappa shape index (κ1) is 20.6. The molecule has 0 unspecified atom stereocenters. The van der Waals surface area contributed by atoms with Crippen LogP contribution in [0.2, 0.25) is 5.15 Å². The molecule has 1 aliphatic heterocycles. The van der Waals surface area contributed by atoms with Gasteiger partial charge in [0.2, 0.25) is 5.91 Å². The third kappa shape index (κ3) is 4.50. The molecule has 2 atom stereocenters. The number of nitrogens with zero attached hydrogens (tertiary/aromatic N) is 5. The lowest BCUT2D eigenvalue weighted by atomic mass is 9.93. The fourth-order valence-corrected chi connectivity index (χ4v) is 3.67. The summed E-state index contributed by atoms with van der Waals surface area (Å²) in [4.78, 5) is 38.3. The second kappa shape index (κ2) is 8.94. The molecule has 29 heavy (non-hydrogen) atoms. The van der Waals surface area contributed by atoms with Gasteiger partial charge in [0.05, 0.1) is 29.9 Å². The Hall–Kier alpha value is -3.09. The predicted molar refractivity (Wildman–Crippen MR) is 106 cm³/mol. The summed E-state index contributed by atoms with van der Waals surface area (Å²) in [7, 11) is 1.52. The molecule has 1 fully saturated rings. The van der Waals surface area contributed by atoms with E-state index in [9.17, 15) is 14.9 Å². The van der Waals surface area contributed by atoms with E-state index in [-0.39, 0.29) is 41.2 Å². The van der Waals surface area contributed by atoms with Crippen LogP contribution >= 0.6 is 11.6 Å². The van der Waals surface area contributed by atoms with Crippen LogP contribution in [0.15, 0.2) is 24.5 Å². The zero-order chi connectivity index (χ0) is 21.0. The van der Waals surface area contributed by atoms with Gasteiger partial charge in [-0.1, -0.05) is 11.6 Å². The quantitative estimate of drug-likeness (QED) is 0.724. The number of nitrogens with one attached hydrogen (secondary N) is 2. The summed E-state index contributed by atoms with van der Waals surface area (Å²) in [5, 5.41) is 15.3. The van der Waals surface area contributed by atoms with Crippen molar-refractivity contribution in [2.75, 3.05) is 20.1 Å². The molecule has 2 amide bonds. The Kier molecular flexibility index (Phi) is 6.36. The normalized spacial score (nSPS) is 18.8. The van der Waals surface area contributed by atoms with Crippen LogP contribution < -0.4 is 10.6 Å². The Bertz CT molecular complexity index is 975. The lowest BCUT2D eigenvalue weighted by molar-refractivity contribution is -0.133. The molecule has 1 aliphatic rings. The fraction of sp³-hybridized carbons (Fsp3) is 0.368. The molecular weight excluding hydrogens is 394 g/mol. The molecule has 3 rings (SSSR count). The van der Waals surface area contributed by atoms with E-state index in [0.717, 1.165) is 5.56 Å². The molecule has 2 N–H and O–H groups in total. The summed E-state index contributed by atoms with van der Waals surface area (Å²) in [6.45, 7) is 2.63. The van der Waals surface area contributed by atoms with Crippen molar-refractivity contribution in [3.8, 4) is 17.5 Å². The van der Waals surface area contributed by atoms with E-state index < -0.39 is 0 Å². The highest BCUT2D eigenvalue weighted by Gasteiger charge is 2.34. The van der Waals surface area contributed by atoms with Gasteiger partial charge in [-0.15, -0.1) is 0 Å². The van der Waals surface area contributed by atoms with Gasteiger partial charge in [0.25, 0.3) is 5.91 Å². The maximum Gasteiger partial charge on any atom is 0.269 e. The van der Waals surface area contributed by atoms with Crippen LogP contribution in [-0.2, 0) is 4.79 Å². The molecule has 0 aromatic carbocycles. The topological polar surface area (TPSA) is 124 Å². The highest BCUT2D eigenvalue weighted by Crippen LogP contribution is 2.32. The van der Waals surface area contributed by atoms with E-state index in [1.54, 1.807) is 17.0 Å². The highest BCUT2D eigenvalue weighted by atomic mass is 35.5. The highest BCUT2D eigenvalue weighted by molar-refractivity contribution is 6.29. The SMILES string of the molecule is CNC(=O)c1cc(-c2cc([C@H]3[C@H](CC#N)NCCN3C(C)=O)cc(Cl)n2)ncn1. The minimum absolute atomic E-state index is 0.0853.